The predicted octanol–water partition coefficient (Wildman–Crippen LogP) is 3.64. The Morgan fingerprint density at radius 2 is 1.65 bits per heavy atom. The van der Waals surface area contributed by atoms with Crippen LogP contribution < -0.4 is 24.6 Å². The lowest BCUT2D eigenvalue weighted by Gasteiger charge is -2.36. The number of nitrogens with one attached hydrogen (secondary N) is 1. The van der Waals surface area contributed by atoms with Crippen molar-refractivity contribution in [3.8, 4) is 11.5 Å². The highest BCUT2D eigenvalue weighted by atomic mass is 16.6. The van der Waals surface area contributed by atoms with Crippen LogP contribution in [0.3, 0.4) is 0 Å². The van der Waals surface area contributed by atoms with E-state index < -0.39 is 46.6 Å². The van der Waals surface area contributed by atoms with Crippen LogP contribution in [0.15, 0.2) is 72.8 Å². The first-order chi connectivity index (χ1) is 19.3. The van der Waals surface area contributed by atoms with E-state index in [9.17, 15) is 24.5 Å². The monoisotopic (exact) mass is 540 g/mol. The Bertz CT molecular complexity index is 1590. The quantitative estimate of drug-likeness (QED) is 0.285. The molecule has 0 radical (unpaired) electrons. The summed E-state index contributed by atoms with van der Waals surface area (Å²) < 4.78 is 10.8. The molecule has 0 bridgehead atoms. The van der Waals surface area contributed by atoms with Crippen molar-refractivity contribution >= 4 is 46.5 Å². The number of non-ortho nitro benzene ring substituents is 1. The zero-order valence-corrected chi connectivity index (χ0v) is 21.5. The third-order valence-corrected chi connectivity index (χ3v) is 7.66. The Labute approximate surface area is 228 Å². The van der Waals surface area contributed by atoms with Crippen molar-refractivity contribution in [2.75, 3.05) is 29.3 Å². The van der Waals surface area contributed by atoms with Gasteiger partial charge in [-0.15, -0.1) is 0 Å². The van der Waals surface area contributed by atoms with Crippen LogP contribution in [-0.2, 0) is 14.4 Å². The van der Waals surface area contributed by atoms with Gasteiger partial charge in [-0.05, 0) is 35.9 Å². The molecule has 3 aliphatic heterocycles. The molecule has 2 fully saturated rings. The lowest BCUT2D eigenvalue weighted by Crippen LogP contribution is -2.50. The van der Waals surface area contributed by atoms with Gasteiger partial charge in [-0.1, -0.05) is 30.4 Å². The van der Waals surface area contributed by atoms with Gasteiger partial charge in [0.2, 0.25) is 17.7 Å². The highest BCUT2D eigenvalue weighted by Crippen LogP contribution is 2.50. The van der Waals surface area contributed by atoms with E-state index in [2.05, 4.69) is 5.32 Å². The second kappa shape index (κ2) is 9.53. The molecule has 0 aliphatic carbocycles. The molecule has 0 unspecified atom stereocenters. The van der Waals surface area contributed by atoms with Crippen LogP contribution >= 0.6 is 0 Å². The van der Waals surface area contributed by atoms with Gasteiger partial charge in [-0.2, -0.15) is 0 Å². The first-order valence-corrected chi connectivity index (χ1v) is 12.5. The second-order valence-electron chi connectivity index (χ2n) is 9.66. The number of methoxy groups -OCH3 is 2. The molecule has 40 heavy (non-hydrogen) atoms. The van der Waals surface area contributed by atoms with Crippen molar-refractivity contribution in [2.45, 2.75) is 12.1 Å². The van der Waals surface area contributed by atoms with E-state index in [1.54, 1.807) is 18.2 Å². The lowest BCUT2D eigenvalue weighted by molar-refractivity contribution is -0.384. The number of rotatable bonds is 6. The summed E-state index contributed by atoms with van der Waals surface area (Å²) in [6, 6.07) is 16.2. The fourth-order valence-corrected chi connectivity index (χ4v) is 5.91. The number of benzene rings is 3. The molecule has 3 aromatic carbocycles. The molecular weight excluding hydrogens is 516 g/mol. The topological polar surface area (TPSA) is 131 Å². The summed E-state index contributed by atoms with van der Waals surface area (Å²) >= 11 is 0. The van der Waals surface area contributed by atoms with Crippen molar-refractivity contribution in [3.63, 3.8) is 0 Å². The van der Waals surface area contributed by atoms with Crippen molar-refractivity contribution in [1.29, 1.82) is 0 Å². The fraction of sp³-hybridized carbons (Fsp3) is 0.207. The summed E-state index contributed by atoms with van der Waals surface area (Å²) in [5.74, 6) is -2.54. The number of carbonyl (C=O) groups is 3. The lowest BCUT2D eigenvalue weighted by atomic mass is 9.88. The van der Waals surface area contributed by atoms with E-state index in [4.69, 9.17) is 9.47 Å². The number of hydrogen-bond donors (Lipinski definition) is 1. The molecule has 11 heteroatoms. The third kappa shape index (κ3) is 3.77. The zero-order chi connectivity index (χ0) is 28.1. The zero-order valence-electron chi connectivity index (χ0n) is 21.5. The molecule has 4 atom stereocenters. The predicted molar refractivity (Wildman–Crippen MR) is 146 cm³/mol. The number of fused-ring (bicyclic) bond motifs is 5. The van der Waals surface area contributed by atoms with Crippen LogP contribution in [0.25, 0.3) is 6.08 Å². The van der Waals surface area contributed by atoms with Crippen LogP contribution in [0.1, 0.15) is 5.56 Å². The number of para-hydroxylation sites is 1. The normalized spacial score (nSPS) is 22.4. The van der Waals surface area contributed by atoms with Gasteiger partial charge in [0, 0.05) is 29.6 Å². The van der Waals surface area contributed by atoms with Gasteiger partial charge in [0.25, 0.3) is 5.69 Å². The van der Waals surface area contributed by atoms with Gasteiger partial charge < -0.3 is 19.7 Å². The molecule has 202 valence electrons. The number of nitrogens with zero attached hydrogens (tertiary/aromatic N) is 3. The van der Waals surface area contributed by atoms with Crippen molar-refractivity contribution in [3.05, 3.63) is 88.5 Å². The summed E-state index contributed by atoms with van der Waals surface area (Å²) in [5, 5.41) is 13.9. The van der Waals surface area contributed by atoms with Gasteiger partial charge in [-0.25, -0.2) is 4.90 Å². The molecule has 3 amide bonds. The summed E-state index contributed by atoms with van der Waals surface area (Å²) in [6.07, 6.45) is 3.76. The standard InChI is InChI=1S/C29H24N4O7/c1-39-19-12-14-23(40-2)22(15-19)32-28(35)24-21-13-7-16-5-3-4-6-20(16)31(21)26(25(24)29(32)36)27(34)30-17-8-10-18(11-9-17)33(37)38/h3-15,21,24-26H,1-2H3,(H,30,34)/t21-,24+,25-,26+/m1/s1. The molecule has 6 rings (SSSR count). The smallest absolute Gasteiger partial charge is 0.269 e. The molecule has 2 saturated heterocycles. The Morgan fingerprint density at radius 3 is 2.35 bits per heavy atom. The largest absolute Gasteiger partial charge is 0.497 e. The SMILES string of the molecule is COc1ccc(OC)c(N2C(=O)[C@@H]3[C@@H](C2=O)[C@@H](C(=O)Nc2ccc([N+](=O)[O-])cc2)N2c4ccccc4C=C[C@H]32)c1. The van der Waals surface area contributed by atoms with Gasteiger partial charge in [-0.3, -0.25) is 24.5 Å². The Morgan fingerprint density at radius 1 is 0.925 bits per heavy atom. The van der Waals surface area contributed by atoms with E-state index >= 15 is 0 Å². The van der Waals surface area contributed by atoms with Gasteiger partial charge in [0.05, 0.1) is 42.7 Å². The second-order valence-corrected chi connectivity index (χ2v) is 9.66. The summed E-state index contributed by atoms with van der Waals surface area (Å²) in [4.78, 5) is 55.5. The number of imide groups is 1. The van der Waals surface area contributed by atoms with Crippen molar-refractivity contribution in [1.82, 2.24) is 0 Å². The minimum Gasteiger partial charge on any atom is -0.497 e. The van der Waals surface area contributed by atoms with Crippen LogP contribution in [-0.4, -0.2) is 48.9 Å². The van der Waals surface area contributed by atoms with E-state index in [0.717, 1.165) is 16.2 Å². The minimum absolute atomic E-state index is 0.117. The maximum absolute atomic E-state index is 14.1. The molecule has 1 N–H and O–H groups in total. The molecule has 0 saturated carbocycles. The Balaban J connectivity index is 1.43. The number of hydrogen-bond acceptors (Lipinski definition) is 8. The molecule has 0 spiro atoms. The molecule has 0 aromatic heterocycles. The maximum Gasteiger partial charge on any atom is 0.269 e. The molecule has 3 heterocycles. The first-order valence-electron chi connectivity index (χ1n) is 12.5. The third-order valence-electron chi connectivity index (χ3n) is 7.66. The van der Waals surface area contributed by atoms with Crippen LogP contribution in [0.5, 0.6) is 11.5 Å². The van der Waals surface area contributed by atoms with E-state index in [-0.39, 0.29) is 11.4 Å². The van der Waals surface area contributed by atoms with Crippen LogP contribution in [0, 0.1) is 22.0 Å². The van der Waals surface area contributed by atoms with Gasteiger partial charge >= 0.3 is 0 Å². The van der Waals surface area contributed by atoms with Crippen molar-refractivity contribution in [2.24, 2.45) is 11.8 Å². The van der Waals surface area contributed by atoms with Gasteiger partial charge in [0.15, 0.2) is 0 Å². The molecular formula is C29H24N4O7. The fourth-order valence-electron chi connectivity index (χ4n) is 5.91. The first kappa shape index (κ1) is 25.1. The molecule has 3 aliphatic rings. The summed E-state index contributed by atoms with van der Waals surface area (Å²) in [5.41, 5.74) is 2.05. The van der Waals surface area contributed by atoms with Crippen LogP contribution in [0.2, 0.25) is 0 Å². The van der Waals surface area contributed by atoms with E-state index in [0.29, 0.717) is 17.2 Å². The van der Waals surface area contributed by atoms with Crippen molar-refractivity contribution < 1.29 is 28.8 Å². The maximum atomic E-state index is 14.1. The minimum atomic E-state index is -1.03. The van der Waals surface area contributed by atoms with Gasteiger partial charge in [0.1, 0.15) is 17.5 Å². The average Bonchev–Trinajstić information content (AvgIpc) is 3.45. The average molecular weight is 541 g/mol. The summed E-state index contributed by atoms with van der Waals surface area (Å²) in [6.45, 7) is 0. The Kier molecular flexibility index (Phi) is 5.98. The molecule has 3 aromatic rings. The summed E-state index contributed by atoms with van der Waals surface area (Å²) in [7, 11) is 2.93. The van der Waals surface area contributed by atoms with E-state index in [1.807, 2.05) is 41.3 Å². The van der Waals surface area contributed by atoms with E-state index in [1.165, 1.54) is 38.5 Å². The number of nitro groups is 1. The number of amides is 3. The number of anilines is 3. The highest BCUT2D eigenvalue weighted by molar-refractivity contribution is 6.25. The number of nitro benzene ring substituents is 1. The molecule has 11 nitrogen and oxygen atoms in total. The van der Waals surface area contributed by atoms with Crippen LogP contribution in [0.4, 0.5) is 22.7 Å². The number of carbonyl (C=O) groups excluding carboxylic acids is 3. The Hall–Kier alpha value is -5.19. The number of ether oxygens (including phenoxy) is 2. The highest BCUT2D eigenvalue weighted by Gasteiger charge is 2.64.